The Kier molecular flexibility index (Phi) is 2.74. The van der Waals surface area contributed by atoms with Gasteiger partial charge in [0.2, 0.25) is 5.13 Å². The number of halogens is 1. The van der Waals surface area contributed by atoms with Crippen LogP contribution in [0, 0.1) is 0 Å². The number of nitrogens with one attached hydrogen (secondary N) is 1. The van der Waals surface area contributed by atoms with Crippen LogP contribution in [-0.4, -0.2) is 22.2 Å². The lowest BCUT2D eigenvalue weighted by Gasteiger charge is -1.95. The third kappa shape index (κ3) is 1.76. The number of rotatable bonds is 2. The van der Waals surface area contributed by atoms with Crippen molar-refractivity contribution in [2.45, 2.75) is 0 Å². The highest BCUT2D eigenvalue weighted by Crippen LogP contribution is 2.29. The van der Waals surface area contributed by atoms with E-state index in [4.69, 9.17) is 0 Å². The molecule has 0 fully saturated rings. The molecule has 6 heteroatoms. The molecule has 2 rings (SSSR count). The van der Waals surface area contributed by atoms with Crippen LogP contribution in [0.2, 0.25) is 0 Å². The molecule has 1 N–H and O–H groups in total. The van der Waals surface area contributed by atoms with Crippen molar-refractivity contribution in [2.75, 3.05) is 12.4 Å². The summed E-state index contributed by atoms with van der Waals surface area (Å²) in [6.07, 6.45) is 1.74. The largest absolute Gasteiger partial charge is 0.363 e. The summed E-state index contributed by atoms with van der Waals surface area (Å²) in [6.45, 7) is 0. The van der Waals surface area contributed by atoms with E-state index < -0.39 is 0 Å². The van der Waals surface area contributed by atoms with Gasteiger partial charge in [-0.05, 0) is 28.1 Å². The molecule has 2 aromatic heterocycles. The first-order valence-electron chi connectivity index (χ1n) is 3.93. The summed E-state index contributed by atoms with van der Waals surface area (Å²) in [5.41, 5.74) is 0.825. The lowest BCUT2D eigenvalue weighted by Crippen LogP contribution is -1.84. The van der Waals surface area contributed by atoms with Crippen molar-refractivity contribution in [3.8, 4) is 10.7 Å². The van der Waals surface area contributed by atoms with E-state index in [1.165, 1.54) is 11.3 Å². The third-order valence-corrected chi connectivity index (χ3v) is 3.19. The Morgan fingerprint density at radius 1 is 1.43 bits per heavy atom. The van der Waals surface area contributed by atoms with Crippen molar-refractivity contribution in [3.05, 3.63) is 22.8 Å². The molecule has 0 unspecified atom stereocenters. The van der Waals surface area contributed by atoms with Crippen molar-refractivity contribution in [2.24, 2.45) is 0 Å². The number of nitrogens with zero attached hydrogens (tertiary/aromatic N) is 3. The first kappa shape index (κ1) is 9.54. The van der Waals surface area contributed by atoms with E-state index in [-0.39, 0.29) is 0 Å². The smallest absolute Gasteiger partial charge is 0.205 e. The molecule has 4 nitrogen and oxygen atoms in total. The fraction of sp³-hybridized carbons (Fsp3) is 0.125. The minimum atomic E-state index is 0.789. The van der Waals surface area contributed by atoms with Crippen molar-refractivity contribution in [3.63, 3.8) is 0 Å². The average molecular weight is 271 g/mol. The zero-order valence-corrected chi connectivity index (χ0v) is 9.76. The third-order valence-electron chi connectivity index (χ3n) is 1.60. The van der Waals surface area contributed by atoms with Crippen LogP contribution in [0.15, 0.2) is 22.8 Å². The van der Waals surface area contributed by atoms with Crippen molar-refractivity contribution >= 4 is 32.4 Å². The van der Waals surface area contributed by atoms with Gasteiger partial charge in [-0.15, -0.1) is 10.2 Å². The molecule has 0 aliphatic carbocycles. The summed E-state index contributed by atoms with van der Waals surface area (Å²) in [5, 5.41) is 12.5. The second-order valence-electron chi connectivity index (χ2n) is 2.50. The summed E-state index contributed by atoms with van der Waals surface area (Å²) in [7, 11) is 1.82. The highest BCUT2D eigenvalue weighted by Gasteiger charge is 2.09. The van der Waals surface area contributed by atoms with Crippen LogP contribution in [0.4, 0.5) is 5.13 Å². The molecule has 0 aliphatic rings. The molecule has 0 spiro atoms. The Labute approximate surface area is 93.5 Å². The van der Waals surface area contributed by atoms with E-state index in [0.29, 0.717) is 0 Å². The fourth-order valence-electron chi connectivity index (χ4n) is 0.963. The van der Waals surface area contributed by atoms with Gasteiger partial charge in [0.1, 0.15) is 5.69 Å². The molecule has 0 amide bonds. The van der Waals surface area contributed by atoms with Crippen LogP contribution in [0.5, 0.6) is 0 Å². The van der Waals surface area contributed by atoms with Gasteiger partial charge in [-0.3, -0.25) is 4.98 Å². The monoisotopic (exact) mass is 270 g/mol. The summed E-state index contributed by atoms with van der Waals surface area (Å²) < 4.78 is 0.929. The Morgan fingerprint density at radius 2 is 2.29 bits per heavy atom. The Hall–Kier alpha value is -1.01. The molecule has 2 aromatic rings. The summed E-state index contributed by atoms with van der Waals surface area (Å²) in [4.78, 5) is 4.23. The maximum absolute atomic E-state index is 4.23. The highest BCUT2D eigenvalue weighted by molar-refractivity contribution is 9.10. The Bertz CT molecular complexity index is 442. The molecular weight excluding hydrogens is 264 g/mol. The zero-order chi connectivity index (χ0) is 9.97. The van der Waals surface area contributed by atoms with E-state index in [1.807, 2.05) is 19.2 Å². The molecule has 14 heavy (non-hydrogen) atoms. The van der Waals surface area contributed by atoms with E-state index >= 15 is 0 Å². The second kappa shape index (κ2) is 4.02. The van der Waals surface area contributed by atoms with E-state index in [2.05, 4.69) is 36.4 Å². The molecular formula is C8H7BrN4S. The summed E-state index contributed by atoms with van der Waals surface area (Å²) >= 11 is 4.89. The molecule has 72 valence electrons. The first-order chi connectivity index (χ1) is 6.81. The van der Waals surface area contributed by atoms with Gasteiger partial charge in [-0.2, -0.15) is 0 Å². The first-order valence-corrected chi connectivity index (χ1v) is 5.54. The predicted molar refractivity (Wildman–Crippen MR) is 60.4 cm³/mol. The van der Waals surface area contributed by atoms with Gasteiger partial charge in [0.05, 0.1) is 0 Å². The summed E-state index contributed by atoms with van der Waals surface area (Å²) in [6, 6.07) is 3.80. The maximum Gasteiger partial charge on any atom is 0.205 e. The van der Waals surface area contributed by atoms with Gasteiger partial charge in [0, 0.05) is 17.7 Å². The molecule has 2 heterocycles. The average Bonchev–Trinajstić information content (AvgIpc) is 2.67. The standard InChI is InChI=1S/C8H7BrN4S/c1-10-8-13-12-7(14-8)6-5(9)3-2-4-11-6/h2-4H,1H3,(H,10,13). The lowest BCUT2D eigenvalue weighted by molar-refractivity contribution is 1.08. The topological polar surface area (TPSA) is 50.7 Å². The fourth-order valence-corrected chi connectivity index (χ4v) is 2.24. The Balaban J connectivity index is 2.44. The maximum atomic E-state index is 4.23. The van der Waals surface area contributed by atoms with Crippen LogP contribution in [-0.2, 0) is 0 Å². The molecule has 0 aromatic carbocycles. The number of hydrogen-bond donors (Lipinski definition) is 1. The zero-order valence-electron chi connectivity index (χ0n) is 7.36. The van der Waals surface area contributed by atoms with Crippen molar-refractivity contribution < 1.29 is 0 Å². The van der Waals surface area contributed by atoms with Crippen LogP contribution in [0.1, 0.15) is 0 Å². The van der Waals surface area contributed by atoms with E-state index in [9.17, 15) is 0 Å². The van der Waals surface area contributed by atoms with Crippen molar-refractivity contribution in [1.82, 2.24) is 15.2 Å². The van der Waals surface area contributed by atoms with Gasteiger partial charge in [-0.25, -0.2) is 0 Å². The van der Waals surface area contributed by atoms with Crippen LogP contribution in [0.25, 0.3) is 10.7 Å². The van der Waals surface area contributed by atoms with Crippen LogP contribution >= 0.6 is 27.3 Å². The highest BCUT2D eigenvalue weighted by atomic mass is 79.9. The van der Waals surface area contributed by atoms with E-state index in [1.54, 1.807) is 6.20 Å². The minimum Gasteiger partial charge on any atom is -0.363 e. The molecule has 0 radical (unpaired) electrons. The number of aromatic nitrogens is 3. The van der Waals surface area contributed by atoms with Gasteiger partial charge < -0.3 is 5.32 Å². The minimum absolute atomic E-state index is 0.789. The lowest BCUT2D eigenvalue weighted by atomic mass is 10.4. The van der Waals surface area contributed by atoms with Gasteiger partial charge in [0.15, 0.2) is 5.01 Å². The SMILES string of the molecule is CNc1nnc(-c2ncccc2Br)s1. The van der Waals surface area contributed by atoms with E-state index in [0.717, 1.165) is 20.3 Å². The molecule has 0 aliphatic heterocycles. The number of hydrogen-bond acceptors (Lipinski definition) is 5. The number of pyridine rings is 1. The molecule has 0 saturated heterocycles. The van der Waals surface area contributed by atoms with Crippen molar-refractivity contribution in [1.29, 1.82) is 0 Å². The van der Waals surface area contributed by atoms with Crippen LogP contribution < -0.4 is 5.32 Å². The van der Waals surface area contributed by atoms with Gasteiger partial charge in [-0.1, -0.05) is 11.3 Å². The van der Waals surface area contributed by atoms with Gasteiger partial charge >= 0.3 is 0 Å². The summed E-state index contributed by atoms with van der Waals surface area (Å²) in [5.74, 6) is 0. The predicted octanol–water partition coefficient (Wildman–Crippen LogP) is 2.40. The number of anilines is 1. The van der Waals surface area contributed by atoms with Gasteiger partial charge in [0.25, 0.3) is 0 Å². The second-order valence-corrected chi connectivity index (χ2v) is 4.33. The normalized spacial score (nSPS) is 10.1. The quantitative estimate of drug-likeness (QED) is 0.911. The molecule has 0 bridgehead atoms. The molecule has 0 atom stereocenters. The Morgan fingerprint density at radius 3 is 2.93 bits per heavy atom. The van der Waals surface area contributed by atoms with Crippen LogP contribution in [0.3, 0.4) is 0 Å². The molecule has 0 saturated carbocycles.